The van der Waals surface area contributed by atoms with Crippen molar-refractivity contribution in [1.82, 2.24) is 0 Å². The van der Waals surface area contributed by atoms with Crippen LogP contribution in [0.3, 0.4) is 0 Å². The molecule has 1 aliphatic rings. The second kappa shape index (κ2) is 5.05. The zero-order valence-corrected chi connectivity index (χ0v) is 11.3. The monoisotopic (exact) mass is 290 g/mol. The molecule has 1 aromatic rings. The maximum absolute atomic E-state index is 12.6. The quantitative estimate of drug-likeness (QED) is 0.926. The highest BCUT2D eigenvalue weighted by atomic mass is 32.2. The third kappa shape index (κ3) is 2.57. The van der Waals surface area contributed by atoms with Gasteiger partial charge in [0, 0.05) is 12.6 Å². The van der Waals surface area contributed by atoms with Crippen molar-refractivity contribution in [1.29, 1.82) is 0 Å². The highest BCUT2D eigenvalue weighted by Gasteiger charge is 2.34. The van der Waals surface area contributed by atoms with Gasteiger partial charge >= 0.3 is 5.76 Å². The first-order valence-corrected chi connectivity index (χ1v) is 7.52. The molecule has 0 amide bonds. The number of benzene rings is 1. The third-order valence-electron chi connectivity index (χ3n) is 3.24. The van der Waals surface area contributed by atoms with E-state index in [2.05, 4.69) is 0 Å². The molecule has 0 saturated heterocycles. The summed E-state index contributed by atoms with van der Waals surface area (Å²) in [6, 6.07) is 4.87. The molecule has 0 fully saturated rings. The van der Waals surface area contributed by atoms with E-state index in [1.807, 2.05) is 6.92 Å². The Morgan fingerprint density at radius 1 is 1.37 bits per heavy atom. The number of rotatable bonds is 3. The van der Waals surface area contributed by atoms with Crippen LogP contribution in [0.5, 0.6) is 0 Å². The number of hydrogen-bond acceptors (Lipinski definition) is 3. The lowest BCUT2D eigenvalue weighted by Gasteiger charge is -2.30. The Kier molecular flexibility index (Phi) is 3.78. The minimum Gasteiger partial charge on any atom is -0.324 e. The molecule has 1 heterocycles. The summed E-state index contributed by atoms with van der Waals surface area (Å²) in [5, 5.41) is 0. The molecule has 1 unspecified atom stereocenters. The number of aryl methyl sites for hydroxylation is 1. The van der Waals surface area contributed by atoms with E-state index < -0.39 is 15.8 Å². The van der Waals surface area contributed by atoms with Crippen LogP contribution in [0.25, 0.3) is 0 Å². The first kappa shape index (κ1) is 14.2. The maximum Gasteiger partial charge on any atom is 0.355 e. The van der Waals surface area contributed by atoms with Gasteiger partial charge in [0.05, 0.1) is 5.69 Å². The van der Waals surface area contributed by atoms with Gasteiger partial charge in [0.1, 0.15) is 0 Å². The summed E-state index contributed by atoms with van der Waals surface area (Å²) in [7, 11) is -4.58. The van der Waals surface area contributed by atoms with Crippen LogP contribution in [-0.4, -0.2) is 20.7 Å². The molecule has 0 spiro atoms. The van der Waals surface area contributed by atoms with Gasteiger partial charge in [-0.05, 0) is 37.0 Å². The topological polar surface area (TPSA) is 63.4 Å². The summed E-state index contributed by atoms with van der Waals surface area (Å²) < 4.78 is 49.3. The summed E-state index contributed by atoms with van der Waals surface area (Å²) in [6.07, 6.45) is 1.20. The van der Waals surface area contributed by atoms with Gasteiger partial charge in [-0.25, -0.2) is 8.42 Å². The second-order valence-corrected chi connectivity index (χ2v) is 6.49. The fourth-order valence-electron chi connectivity index (χ4n) is 2.23. The van der Waals surface area contributed by atoms with E-state index in [0.717, 1.165) is 15.4 Å². The number of sulfonamides is 1. The Balaban J connectivity index is 2.46. The molecule has 1 atom stereocenters. The Morgan fingerprint density at radius 3 is 2.63 bits per heavy atom. The third-order valence-corrected chi connectivity index (χ3v) is 4.68. The minimum absolute atomic E-state index is 0.0944. The van der Waals surface area contributed by atoms with Crippen molar-refractivity contribution < 1.29 is 17.2 Å². The lowest BCUT2D eigenvalue weighted by molar-refractivity contribution is 0.234. The standard InChI is InChI=1S/C12H16F2N2O2S/c1-8(15)9-4-5-11-10(7-9)3-2-6-16(11)19(17,18)12(13)14/h4-5,7-8,12H,2-3,6,15H2,1H3. The average Bonchev–Trinajstić information content (AvgIpc) is 2.36. The Morgan fingerprint density at radius 2 is 2.05 bits per heavy atom. The molecule has 19 heavy (non-hydrogen) atoms. The van der Waals surface area contributed by atoms with E-state index in [0.29, 0.717) is 18.5 Å². The van der Waals surface area contributed by atoms with Crippen LogP contribution in [0.2, 0.25) is 0 Å². The number of anilines is 1. The zero-order valence-electron chi connectivity index (χ0n) is 10.5. The van der Waals surface area contributed by atoms with Crippen LogP contribution < -0.4 is 10.0 Å². The molecule has 2 rings (SSSR count). The van der Waals surface area contributed by atoms with Crippen molar-refractivity contribution in [3.05, 3.63) is 29.3 Å². The van der Waals surface area contributed by atoms with Crippen molar-refractivity contribution in [2.45, 2.75) is 31.6 Å². The number of nitrogens with zero attached hydrogens (tertiary/aromatic N) is 1. The van der Waals surface area contributed by atoms with Crippen LogP contribution in [0.15, 0.2) is 18.2 Å². The van der Waals surface area contributed by atoms with Crippen LogP contribution in [0.1, 0.15) is 30.5 Å². The molecule has 1 aromatic carbocycles. The number of halogens is 2. The predicted molar refractivity (Wildman–Crippen MR) is 69.6 cm³/mol. The largest absolute Gasteiger partial charge is 0.355 e. The lowest BCUT2D eigenvalue weighted by atomic mass is 9.98. The van der Waals surface area contributed by atoms with Crippen LogP contribution in [-0.2, 0) is 16.4 Å². The number of fused-ring (bicyclic) bond motifs is 1. The van der Waals surface area contributed by atoms with E-state index in [1.165, 1.54) is 0 Å². The number of hydrogen-bond donors (Lipinski definition) is 1. The van der Waals surface area contributed by atoms with Gasteiger partial charge < -0.3 is 5.73 Å². The Hall–Kier alpha value is -1.21. The maximum atomic E-state index is 12.6. The average molecular weight is 290 g/mol. The van der Waals surface area contributed by atoms with E-state index >= 15 is 0 Å². The zero-order chi connectivity index (χ0) is 14.2. The summed E-state index contributed by atoms with van der Waals surface area (Å²) in [5.74, 6) is -3.40. The Bertz CT molecular complexity index is 573. The fourth-order valence-corrected chi connectivity index (χ4v) is 3.25. The highest BCUT2D eigenvalue weighted by Crippen LogP contribution is 2.32. The van der Waals surface area contributed by atoms with Crippen molar-refractivity contribution >= 4 is 15.7 Å². The van der Waals surface area contributed by atoms with E-state index in [9.17, 15) is 17.2 Å². The fraction of sp³-hybridized carbons (Fsp3) is 0.500. The molecule has 7 heteroatoms. The molecular weight excluding hydrogens is 274 g/mol. The van der Waals surface area contributed by atoms with Crippen LogP contribution in [0, 0.1) is 0 Å². The highest BCUT2D eigenvalue weighted by molar-refractivity contribution is 7.93. The molecule has 0 saturated carbocycles. The number of alkyl halides is 2. The van der Waals surface area contributed by atoms with Gasteiger partial charge in [0.15, 0.2) is 0 Å². The normalized spacial score (nSPS) is 17.4. The molecule has 2 N–H and O–H groups in total. The summed E-state index contributed by atoms with van der Waals surface area (Å²) in [4.78, 5) is 0. The first-order valence-electron chi connectivity index (χ1n) is 6.02. The van der Waals surface area contributed by atoms with Gasteiger partial charge in [0.25, 0.3) is 10.0 Å². The van der Waals surface area contributed by atoms with E-state index in [4.69, 9.17) is 5.73 Å². The summed E-state index contributed by atoms with van der Waals surface area (Å²) >= 11 is 0. The first-order chi connectivity index (χ1) is 8.84. The molecule has 4 nitrogen and oxygen atoms in total. The molecule has 106 valence electrons. The summed E-state index contributed by atoms with van der Waals surface area (Å²) in [6.45, 7) is 1.91. The molecular formula is C12H16F2N2O2S. The van der Waals surface area contributed by atoms with Crippen LogP contribution >= 0.6 is 0 Å². The molecule has 0 bridgehead atoms. The van der Waals surface area contributed by atoms with Crippen LogP contribution in [0.4, 0.5) is 14.5 Å². The molecule has 0 radical (unpaired) electrons. The van der Waals surface area contributed by atoms with Crippen molar-refractivity contribution in [2.24, 2.45) is 5.73 Å². The minimum atomic E-state index is -4.58. The van der Waals surface area contributed by atoms with Crippen molar-refractivity contribution in [3.8, 4) is 0 Å². The van der Waals surface area contributed by atoms with Crippen molar-refractivity contribution in [2.75, 3.05) is 10.8 Å². The van der Waals surface area contributed by atoms with Crippen molar-refractivity contribution in [3.63, 3.8) is 0 Å². The SMILES string of the molecule is CC(N)c1ccc2c(c1)CCCN2S(=O)(=O)C(F)F. The predicted octanol–water partition coefficient (Wildman–Crippen LogP) is 2.01. The van der Waals surface area contributed by atoms with E-state index in [-0.39, 0.29) is 12.6 Å². The second-order valence-electron chi connectivity index (χ2n) is 4.66. The summed E-state index contributed by atoms with van der Waals surface area (Å²) in [5.41, 5.74) is 7.73. The molecule has 1 aliphatic heterocycles. The molecule has 0 aliphatic carbocycles. The lowest BCUT2D eigenvalue weighted by Crippen LogP contribution is -2.39. The van der Waals surface area contributed by atoms with E-state index in [1.54, 1.807) is 18.2 Å². The molecule has 0 aromatic heterocycles. The van der Waals surface area contributed by atoms with Gasteiger partial charge in [-0.2, -0.15) is 8.78 Å². The van der Waals surface area contributed by atoms with Gasteiger partial charge in [-0.3, -0.25) is 4.31 Å². The van der Waals surface area contributed by atoms with Gasteiger partial charge in [0.2, 0.25) is 0 Å². The van der Waals surface area contributed by atoms with Gasteiger partial charge in [-0.15, -0.1) is 0 Å². The smallest absolute Gasteiger partial charge is 0.324 e. The number of nitrogens with two attached hydrogens (primary N) is 1. The Labute approximate surface area is 111 Å². The van der Waals surface area contributed by atoms with Gasteiger partial charge in [-0.1, -0.05) is 12.1 Å².